The highest BCUT2D eigenvalue weighted by atomic mass is 16.6. The number of rotatable bonds is 6. The summed E-state index contributed by atoms with van der Waals surface area (Å²) in [4.78, 5) is 24.4. The molecule has 0 unspecified atom stereocenters. The van der Waals surface area contributed by atoms with Crippen molar-refractivity contribution in [3.63, 3.8) is 0 Å². The fourth-order valence-electron chi connectivity index (χ4n) is 2.63. The van der Waals surface area contributed by atoms with Gasteiger partial charge in [-0.15, -0.1) is 0 Å². The number of nitrogens with one attached hydrogen (secondary N) is 1. The van der Waals surface area contributed by atoms with Gasteiger partial charge < -0.3 is 9.47 Å². The number of methoxy groups -OCH3 is 1. The molecule has 0 aliphatic rings. The SMILES string of the molecule is COc1cc(/C=N/NC(=O)c2ccc(C)cc2)ccc1OC(=O)c1ccc(C)cc1. The number of carbonyl (C=O) groups excluding carboxylic acids is 2. The maximum Gasteiger partial charge on any atom is 0.343 e. The molecule has 3 aromatic rings. The van der Waals surface area contributed by atoms with Crippen LogP contribution in [-0.4, -0.2) is 25.2 Å². The molecule has 0 saturated heterocycles. The highest BCUT2D eigenvalue weighted by Crippen LogP contribution is 2.28. The van der Waals surface area contributed by atoms with Crippen molar-refractivity contribution in [2.45, 2.75) is 13.8 Å². The maximum absolute atomic E-state index is 12.3. The number of hydrazone groups is 1. The van der Waals surface area contributed by atoms with Crippen LogP contribution >= 0.6 is 0 Å². The Kier molecular flexibility index (Phi) is 6.60. The smallest absolute Gasteiger partial charge is 0.343 e. The molecular formula is C24H22N2O4. The van der Waals surface area contributed by atoms with E-state index >= 15 is 0 Å². The van der Waals surface area contributed by atoms with Crippen molar-refractivity contribution in [1.82, 2.24) is 5.43 Å². The van der Waals surface area contributed by atoms with Gasteiger partial charge in [0.05, 0.1) is 18.9 Å². The van der Waals surface area contributed by atoms with Crippen molar-refractivity contribution in [3.8, 4) is 11.5 Å². The molecule has 1 amide bonds. The van der Waals surface area contributed by atoms with E-state index < -0.39 is 5.97 Å². The van der Waals surface area contributed by atoms with Crippen molar-refractivity contribution in [3.05, 3.63) is 94.5 Å². The summed E-state index contributed by atoms with van der Waals surface area (Å²) in [5.74, 6) is -0.102. The minimum Gasteiger partial charge on any atom is -0.493 e. The largest absolute Gasteiger partial charge is 0.493 e. The molecule has 3 rings (SSSR count). The third-order valence-electron chi connectivity index (χ3n) is 4.37. The molecule has 0 aliphatic carbocycles. The van der Waals surface area contributed by atoms with E-state index in [0.717, 1.165) is 11.1 Å². The summed E-state index contributed by atoms with van der Waals surface area (Å²) in [6.45, 7) is 3.90. The van der Waals surface area contributed by atoms with Gasteiger partial charge in [-0.05, 0) is 61.9 Å². The van der Waals surface area contributed by atoms with Crippen LogP contribution in [0, 0.1) is 13.8 Å². The third kappa shape index (κ3) is 5.32. The third-order valence-corrected chi connectivity index (χ3v) is 4.37. The number of aryl methyl sites for hydroxylation is 2. The molecule has 0 spiro atoms. The van der Waals surface area contributed by atoms with Gasteiger partial charge in [-0.3, -0.25) is 4.79 Å². The lowest BCUT2D eigenvalue weighted by atomic mass is 10.1. The molecule has 0 heterocycles. The summed E-state index contributed by atoms with van der Waals surface area (Å²) in [7, 11) is 1.48. The lowest BCUT2D eigenvalue weighted by Crippen LogP contribution is -2.17. The fourth-order valence-corrected chi connectivity index (χ4v) is 2.63. The van der Waals surface area contributed by atoms with Gasteiger partial charge in [0.2, 0.25) is 0 Å². The molecule has 3 aromatic carbocycles. The van der Waals surface area contributed by atoms with Crippen LogP contribution in [-0.2, 0) is 0 Å². The van der Waals surface area contributed by atoms with E-state index in [1.54, 1.807) is 42.5 Å². The van der Waals surface area contributed by atoms with Gasteiger partial charge in [0.15, 0.2) is 11.5 Å². The zero-order valence-electron chi connectivity index (χ0n) is 17.0. The van der Waals surface area contributed by atoms with Crippen molar-refractivity contribution in [2.75, 3.05) is 7.11 Å². The Bertz CT molecular complexity index is 1070. The van der Waals surface area contributed by atoms with Crippen LogP contribution < -0.4 is 14.9 Å². The molecule has 6 heteroatoms. The quantitative estimate of drug-likeness (QED) is 0.289. The predicted octanol–water partition coefficient (Wildman–Crippen LogP) is 4.30. The summed E-state index contributed by atoms with van der Waals surface area (Å²) >= 11 is 0. The first-order chi connectivity index (χ1) is 14.5. The number of carbonyl (C=O) groups is 2. The second kappa shape index (κ2) is 9.52. The second-order valence-corrected chi connectivity index (χ2v) is 6.73. The lowest BCUT2D eigenvalue weighted by molar-refractivity contribution is 0.0729. The second-order valence-electron chi connectivity index (χ2n) is 6.73. The van der Waals surface area contributed by atoms with Crippen molar-refractivity contribution >= 4 is 18.1 Å². The molecule has 152 valence electrons. The Morgan fingerprint density at radius 1 is 0.833 bits per heavy atom. The topological polar surface area (TPSA) is 77.0 Å². The number of hydrogen-bond donors (Lipinski definition) is 1. The average Bonchev–Trinajstić information content (AvgIpc) is 2.75. The van der Waals surface area contributed by atoms with Crippen LogP contribution in [0.3, 0.4) is 0 Å². The highest BCUT2D eigenvalue weighted by Gasteiger charge is 2.12. The molecule has 1 N–H and O–H groups in total. The van der Waals surface area contributed by atoms with Gasteiger partial charge in [0.25, 0.3) is 5.91 Å². The van der Waals surface area contributed by atoms with E-state index in [1.807, 2.05) is 38.1 Å². The minimum atomic E-state index is -0.472. The van der Waals surface area contributed by atoms with Crippen LogP contribution in [0.5, 0.6) is 11.5 Å². The predicted molar refractivity (Wildman–Crippen MR) is 115 cm³/mol. The van der Waals surface area contributed by atoms with Gasteiger partial charge in [0.1, 0.15) is 0 Å². The van der Waals surface area contributed by atoms with E-state index in [9.17, 15) is 9.59 Å². The lowest BCUT2D eigenvalue weighted by Gasteiger charge is -2.10. The summed E-state index contributed by atoms with van der Waals surface area (Å²) < 4.78 is 10.8. The van der Waals surface area contributed by atoms with Crippen LogP contribution in [0.4, 0.5) is 0 Å². The van der Waals surface area contributed by atoms with E-state index in [1.165, 1.54) is 13.3 Å². The number of benzene rings is 3. The monoisotopic (exact) mass is 402 g/mol. The van der Waals surface area contributed by atoms with Gasteiger partial charge in [0, 0.05) is 5.56 Å². The zero-order chi connectivity index (χ0) is 21.5. The van der Waals surface area contributed by atoms with E-state index in [-0.39, 0.29) is 5.91 Å². The number of hydrogen-bond acceptors (Lipinski definition) is 5. The molecule has 0 fully saturated rings. The molecule has 0 atom stereocenters. The normalized spacial score (nSPS) is 10.6. The summed E-state index contributed by atoms with van der Waals surface area (Å²) in [6, 6.07) is 19.3. The van der Waals surface area contributed by atoms with Crippen molar-refractivity contribution in [2.24, 2.45) is 5.10 Å². The van der Waals surface area contributed by atoms with Gasteiger partial charge >= 0.3 is 5.97 Å². The van der Waals surface area contributed by atoms with Crippen LogP contribution in [0.1, 0.15) is 37.4 Å². The fraction of sp³-hybridized carbons (Fsp3) is 0.125. The number of ether oxygens (including phenoxy) is 2. The number of nitrogens with zero attached hydrogens (tertiary/aromatic N) is 1. The van der Waals surface area contributed by atoms with Gasteiger partial charge in [-0.25, -0.2) is 10.2 Å². The molecule has 0 aromatic heterocycles. The Hall–Kier alpha value is -3.93. The molecule has 0 aliphatic heterocycles. The molecule has 30 heavy (non-hydrogen) atoms. The Morgan fingerprint density at radius 2 is 1.43 bits per heavy atom. The summed E-state index contributed by atoms with van der Waals surface area (Å²) in [5.41, 5.74) is 6.26. The summed E-state index contributed by atoms with van der Waals surface area (Å²) in [6.07, 6.45) is 1.49. The van der Waals surface area contributed by atoms with Crippen LogP contribution in [0.2, 0.25) is 0 Å². The molecule has 6 nitrogen and oxygen atoms in total. The van der Waals surface area contributed by atoms with Gasteiger partial charge in [-0.2, -0.15) is 5.10 Å². The van der Waals surface area contributed by atoms with Crippen LogP contribution in [0.15, 0.2) is 71.8 Å². The van der Waals surface area contributed by atoms with Crippen molar-refractivity contribution in [1.29, 1.82) is 0 Å². The standard InChI is InChI=1S/C24H22N2O4/c1-16-4-9-19(10-5-16)23(27)26-25-15-18-8-13-21(22(14-18)29-3)30-24(28)20-11-6-17(2)7-12-20/h4-15H,1-3H3,(H,26,27)/b25-15+. The maximum atomic E-state index is 12.3. The van der Waals surface area contributed by atoms with Gasteiger partial charge in [-0.1, -0.05) is 35.4 Å². The van der Waals surface area contributed by atoms with Crippen LogP contribution in [0.25, 0.3) is 0 Å². The average molecular weight is 402 g/mol. The highest BCUT2D eigenvalue weighted by molar-refractivity contribution is 5.95. The van der Waals surface area contributed by atoms with E-state index in [2.05, 4.69) is 10.5 Å². The first kappa shape index (κ1) is 20.8. The first-order valence-electron chi connectivity index (χ1n) is 9.33. The molecule has 0 bridgehead atoms. The molecular weight excluding hydrogens is 380 g/mol. The number of esters is 1. The Balaban J connectivity index is 1.66. The number of amides is 1. The zero-order valence-corrected chi connectivity index (χ0v) is 17.0. The summed E-state index contributed by atoms with van der Waals surface area (Å²) in [5, 5.41) is 3.97. The Morgan fingerprint density at radius 3 is 2.03 bits per heavy atom. The van der Waals surface area contributed by atoms with Crippen molar-refractivity contribution < 1.29 is 19.1 Å². The van der Waals surface area contributed by atoms with E-state index in [0.29, 0.717) is 28.2 Å². The Labute approximate surface area is 175 Å². The molecule has 0 radical (unpaired) electrons. The minimum absolute atomic E-state index is 0.295. The first-order valence-corrected chi connectivity index (χ1v) is 9.33. The molecule has 0 saturated carbocycles. The van der Waals surface area contributed by atoms with E-state index in [4.69, 9.17) is 9.47 Å².